The molecule has 2 aliphatic rings. The van der Waals surface area contributed by atoms with Gasteiger partial charge in [0.25, 0.3) is 5.91 Å². The summed E-state index contributed by atoms with van der Waals surface area (Å²) in [6.45, 7) is 5.08. The van der Waals surface area contributed by atoms with Crippen molar-refractivity contribution >= 4 is 23.5 Å². The number of aryl methyl sites for hydroxylation is 1. The van der Waals surface area contributed by atoms with E-state index in [1.54, 1.807) is 42.5 Å². The first-order valence-electron chi connectivity index (χ1n) is 11.8. The number of likely N-dealkylation sites (N-methyl/N-ethyl adjacent to an activating group) is 2. The van der Waals surface area contributed by atoms with Crippen LogP contribution in [-0.2, 0) is 17.6 Å². The first-order chi connectivity index (χ1) is 17.0. The van der Waals surface area contributed by atoms with E-state index in [-0.39, 0.29) is 11.9 Å². The lowest BCUT2D eigenvalue weighted by molar-refractivity contribution is 0.0600. The average Bonchev–Trinajstić information content (AvgIpc) is 3.17. The predicted octanol–water partition coefficient (Wildman–Crippen LogP) is 4.16. The van der Waals surface area contributed by atoms with Crippen molar-refractivity contribution in [3.63, 3.8) is 0 Å². The number of ether oxygens (including phenoxy) is 2. The summed E-state index contributed by atoms with van der Waals surface area (Å²) >= 11 is 0. The summed E-state index contributed by atoms with van der Waals surface area (Å²) in [7, 11) is 3.14. The maximum absolute atomic E-state index is 13.4. The van der Waals surface area contributed by atoms with E-state index in [9.17, 15) is 9.59 Å². The Morgan fingerprint density at radius 2 is 2.03 bits per heavy atom. The normalized spacial score (nSPS) is 14.9. The number of pyridine rings is 1. The molecule has 0 saturated heterocycles. The minimum absolute atomic E-state index is 0.112. The van der Waals surface area contributed by atoms with E-state index in [0.717, 1.165) is 34.8 Å². The van der Waals surface area contributed by atoms with Gasteiger partial charge in [0.1, 0.15) is 11.6 Å². The first-order valence-corrected chi connectivity index (χ1v) is 11.8. The molecule has 1 amide bonds. The highest BCUT2D eigenvalue weighted by atomic mass is 16.5. The summed E-state index contributed by atoms with van der Waals surface area (Å²) in [5.74, 6) is 1.58. The molecule has 182 valence electrons. The fraction of sp³-hybridized carbons (Fsp3) is 0.333. The standard InChI is InChI=1S/C27H30N4O4/c1-5-19-16-20(27(33)34-4)10-11-23(19)35-14-12-18-15-21-24(29-17-18)31(6-2)25-22(30(3)26(21)32)9-7-8-13-28-25/h8-11,13,15-17H,5-7,12,14H2,1-4H3. The summed E-state index contributed by atoms with van der Waals surface area (Å²) in [5.41, 5.74) is 3.67. The first kappa shape index (κ1) is 24.2. The zero-order valence-corrected chi connectivity index (χ0v) is 20.6. The van der Waals surface area contributed by atoms with Crippen LogP contribution < -0.4 is 9.64 Å². The van der Waals surface area contributed by atoms with Gasteiger partial charge < -0.3 is 19.3 Å². The zero-order valence-electron chi connectivity index (χ0n) is 20.6. The fourth-order valence-electron chi connectivity index (χ4n) is 4.24. The van der Waals surface area contributed by atoms with Crippen LogP contribution >= 0.6 is 0 Å². The monoisotopic (exact) mass is 474 g/mol. The van der Waals surface area contributed by atoms with Crippen LogP contribution in [0.15, 0.2) is 59.5 Å². The molecule has 0 unspecified atom stereocenters. The topological polar surface area (TPSA) is 84.3 Å². The molecular formula is C27H30N4O4. The summed E-state index contributed by atoms with van der Waals surface area (Å²) in [4.78, 5) is 38.1. The number of hydrogen-bond acceptors (Lipinski definition) is 7. The average molecular weight is 475 g/mol. The molecule has 35 heavy (non-hydrogen) atoms. The van der Waals surface area contributed by atoms with Crippen molar-refractivity contribution in [2.45, 2.75) is 33.1 Å². The van der Waals surface area contributed by atoms with E-state index in [1.807, 2.05) is 37.0 Å². The summed E-state index contributed by atoms with van der Waals surface area (Å²) in [6, 6.07) is 7.20. The van der Waals surface area contributed by atoms with Gasteiger partial charge in [-0.2, -0.15) is 0 Å². The van der Waals surface area contributed by atoms with Crippen LogP contribution in [0.25, 0.3) is 0 Å². The molecule has 3 heterocycles. The van der Waals surface area contributed by atoms with Crippen LogP contribution in [0.4, 0.5) is 5.82 Å². The SMILES string of the molecule is CCc1cc(C(=O)OC)ccc1OCCc1cnc2c(c1)C(=O)N(C)C1=CCC=CN=C1N2CC. The second kappa shape index (κ2) is 10.5. The number of benzene rings is 1. The van der Waals surface area contributed by atoms with Gasteiger partial charge in [0.05, 0.1) is 30.5 Å². The number of carbonyl (C=O) groups is 2. The van der Waals surface area contributed by atoms with Crippen molar-refractivity contribution in [2.24, 2.45) is 4.99 Å². The Balaban J connectivity index is 1.55. The number of carbonyl (C=O) groups excluding carboxylic acids is 2. The smallest absolute Gasteiger partial charge is 0.337 e. The second-order valence-electron chi connectivity index (χ2n) is 8.25. The number of allylic oxidation sites excluding steroid dienone is 2. The molecule has 8 nitrogen and oxygen atoms in total. The lowest BCUT2D eigenvalue weighted by atomic mass is 10.1. The Hall–Kier alpha value is -3.94. The van der Waals surface area contributed by atoms with Crippen LogP contribution in [-0.4, -0.2) is 54.9 Å². The minimum atomic E-state index is -0.369. The molecule has 0 radical (unpaired) electrons. The molecule has 0 fully saturated rings. The quantitative estimate of drug-likeness (QED) is 0.560. The number of amidine groups is 1. The van der Waals surface area contributed by atoms with Crippen LogP contribution in [0.3, 0.4) is 0 Å². The molecule has 2 aliphatic heterocycles. The fourth-order valence-corrected chi connectivity index (χ4v) is 4.24. The van der Waals surface area contributed by atoms with Crippen molar-refractivity contribution in [2.75, 3.05) is 32.2 Å². The number of amides is 1. The zero-order chi connectivity index (χ0) is 24.9. The Labute approximate surface area is 205 Å². The van der Waals surface area contributed by atoms with E-state index < -0.39 is 0 Å². The Bertz CT molecular complexity index is 1230. The summed E-state index contributed by atoms with van der Waals surface area (Å²) < 4.78 is 10.8. The molecular weight excluding hydrogens is 444 g/mol. The maximum Gasteiger partial charge on any atom is 0.337 e. The largest absolute Gasteiger partial charge is 0.493 e. The number of hydrogen-bond donors (Lipinski definition) is 0. The Morgan fingerprint density at radius 1 is 1.20 bits per heavy atom. The van der Waals surface area contributed by atoms with E-state index >= 15 is 0 Å². The second-order valence-corrected chi connectivity index (χ2v) is 8.25. The molecule has 1 aromatic heterocycles. The number of methoxy groups -OCH3 is 1. The van der Waals surface area contributed by atoms with Crippen molar-refractivity contribution in [1.29, 1.82) is 0 Å². The van der Waals surface area contributed by atoms with Gasteiger partial charge in [0.15, 0.2) is 5.84 Å². The highest BCUT2D eigenvalue weighted by molar-refractivity contribution is 6.17. The van der Waals surface area contributed by atoms with Gasteiger partial charge in [-0.3, -0.25) is 4.79 Å². The number of anilines is 1. The summed E-state index contributed by atoms with van der Waals surface area (Å²) in [5, 5.41) is 0. The molecule has 0 spiro atoms. The van der Waals surface area contributed by atoms with E-state index in [1.165, 1.54) is 7.11 Å². The van der Waals surface area contributed by atoms with Gasteiger partial charge in [-0.1, -0.05) is 19.1 Å². The van der Waals surface area contributed by atoms with Gasteiger partial charge in [-0.15, -0.1) is 0 Å². The van der Waals surface area contributed by atoms with E-state index in [0.29, 0.717) is 42.9 Å². The van der Waals surface area contributed by atoms with Gasteiger partial charge in [-0.05, 0) is 55.2 Å². The maximum atomic E-state index is 13.4. The lowest BCUT2D eigenvalue weighted by Gasteiger charge is -2.24. The lowest BCUT2D eigenvalue weighted by Crippen LogP contribution is -2.35. The van der Waals surface area contributed by atoms with E-state index in [2.05, 4.69) is 9.98 Å². The van der Waals surface area contributed by atoms with Crippen molar-refractivity contribution in [3.8, 4) is 5.75 Å². The number of esters is 1. The predicted molar refractivity (Wildman–Crippen MR) is 135 cm³/mol. The van der Waals surface area contributed by atoms with Gasteiger partial charge in [-0.25, -0.2) is 14.8 Å². The van der Waals surface area contributed by atoms with Gasteiger partial charge >= 0.3 is 5.97 Å². The highest BCUT2D eigenvalue weighted by Crippen LogP contribution is 2.30. The molecule has 0 atom stereocenters. The molecule has 0 saturated carbocycles. The number of rotatable bonds is 7. The molecule has 0 N–H and O–H groups in total. The highest BCUT2D eigenvalue weighted by Gasteiger charge is 2.33. The molecule has 0 aliphatic carbocycles. The van der Waals surface area contributed by atoms with Gasteiger partial charge in [0.2, 0.25) is 0 Å². The Morgan fingerprint density at radius 3 is 2.77 bits per heavy atom. The van der Waals surface area contributed by atoms with Crippen LogP contribution in [0, 0.1) is 0 Å². The van der Waals surface area contributed by atoms with Crippen LogP contribution in [0.2, 0.25) is 0 Å². The van der Waals surface area contributed by atoms with Crippen molar-refractivity contribution < 1.29 is 19.1 Å². The van der Waals surface area contributed by atoms with E-state index in [4.69, 9.17) is 9.47 Å². The molecule has 2 aromatic rings. The third-order valence-electron chi connectivity index (χ3n) is 6.14. The summed E-state index contributed by atoms with van der Waals surface area (Å²) in [6.07, 6.45) is 9.57. The molecule has 8 heteroatoms. The third kappa shape index (κ3) is 4.82. The van der Waals surface area contributed by atoms with Crippen LogP contribution in [0.5, 0.6) is 5.75 Å². The third-order valence-corrected chi connectivity index (χ3v) is 6.14. The van der Waals surface area contributed by atoms with Crippen LogP contribution in [0.1, 0.15) is 52.1 Å². The Kier molecular flexibility index (Phi) is 7.29. The number of nitrogens with zero attached hydrogens (tertiary/aromatic N) is 4. The van der Waals surface area contributed by atoms with Gasteiger partial charge in [0, 0.05) is 32.4 Å². The van der Waals surface area contributed by atoms with Crippen molar-refractivity contribution in [3.05, 3.63) is 76.8 Å². The minimum Gasteiger partial charge on any atom is -0.493 e. The molecule has 1 aromatic carbocycles. The molecule has 0 bridgehead atoms. The number of aromatic nitrogens is 1. The number of aliphatic imine (C=N–C) groups is 1. The van der Waals surface area contributed by atoms with Crippen molar-refractivity contribution in [1.82, 2.24) is 9.88 Å². The molecule has 4 rings (SSSR count). The number of fused-ring (bicyclic) bond motifs is 2.